The van der Waals surface area contributed by atoms with Crippen LogP contribution in [0.15, 0.2) is 272 Å². The van der Waals surface area contributed by atoms with Crippen molar-refractivity contribution in [3.63, 3.8) is 0 Å². The molecule has 0 saturated heterocycles. The Bertz CT molecular complexity index is 6090. The first kappa shape index (κ1) is 74.6. The van der Waals surface area contributed by atoms with Gasteiger partial charge in [-0.2, -0.15) is 21.0 Å². The molecule has 8 nitrogen and oxygen atoms in total. The number of para-hydroxylation sites is 1. The van der Waals surface area contributed by atoms with Crippen LogP contribution in [-0.4, -0.2) is 0 Å². The predicted octanol–water partition coefficient (Wildman–Crippen LogP) is 25.8. The fourth-order valence-corrected chi connectivity index (χ4v) is 14.2. The number of benzene rings is 13. The zero-order valence-electron chi connectivity index (χ0n) is 58.9. The van der Waals surface area contributed by atoms with Crippen LogP contribution in [-0.2, 0) is 5.41 Å². The van der Waals surface area contributed by atoms with Gasteiger partial charge in [0.05, 0.1) is 41.0 Å². The molecule has 0 aliphatic heterocycles. The van der Waals surface area contributed by atoms with Gasteiger partial charge in [0.1, 0.15) is 35.4 Å². The summed E-state index contributed by atoms with van der Waals surface area (Å²) in [6, 6.07) is 95.9. The highest BCUT2D eigenvalue weighted by Gasteiger charge is 2.47. The van der Waals surface area contributed by atoms with Crippen LogP contribution >= 0.6 is 0 Å². The van der Waals surface area contributed by atoms with Crippen LogP contribution in [0.2, 0.25) is 0 Å². The first-order chi connectivity index (χ1) is 54.6. The summed E-state index contributed by atoms with van der Waals surface area (Å²) in [5, 5.41) is 37.3. The Morgan fingerprint density at radius 2 is 0.637 bits per heavy atom. The lowest BCUT2D eigenvalue weighted by atomic mass is 9.82. The summed E-state index contributed by atoms with van der Waals surface area (Å²) in [5.41, 5.74) is -0.0205. The third-order valence-electron chi connectivity index (χ3n) is 19.7. The number of anilines is 6. The molecular weight excluding hydrogens is 1460 g/mol. The van der Waals surface area contributed by atoms with Crippen molar-refractivity contribution in [1.82, 2.24) is 0 Å². The number of hydrogen-bond acceptors (Lipinski definition) is 6. The lowest BCUT2D eigenvalue weighted by Gasteiger charge is -2.29. The van der Waals surface area contributed by atoms with Crippen molar-refractivity contribution in [2.75, 3.05) is 9.80 Å². The van der Waals surface area contributed by atoms with Crippen molar-refractivity contribution in [2.24, 2.45) is 0 Å². The van der Waals surface area contributed by atoms with E-state index in [2.05, 4.69) is 288 Å². The Morgan fingerprint density at radius 3 is 1.06 bits per heavy atom. The first-order valence-corrected chi connectivity index (χ1v) is 34.3. The molecule has 0 unspecified atom stereocenters. The summed E-state index contributed by atoms with van der Waals surface area (Å²) in [5.74, 6) is -29.7. The molecule has 0 N–H and O–H groups in total. The van der Waals surface area contributed by atoms with Gasteiger partial charge in [-0.3, -0.25) is 0 Å². The van der Waals surface area contributed by atoms with E-state index in [0.29, 0.717) is 0 Å². The largest absolute Gasteiger partial charge is 0.311 e. The molecule has 0 bridgehead atoms. The van der Waals surface area contributed by atoms with Crippen LogP contribution in [0.3, 0.4) is 0 Å². The van der Waals surface area contributed by atoms with Gasteiger partial charge in [-0.1, -0.05) is 196 Å². The van der Waals surface area contributed by atoms with Crippen LogP contribution in [0.1, 0.15) is 52.8 Å². The molecule has 544 valence electrons. The van der Waals surface area contributed by atoms with Gasteiger partial charge in [0.15, 0.2) is 69.8 Å². The average Bonchev–Trinajstić information content (AvgIpc) is 1.54. The zero-order valence-corrected chi connectivity index (χ0v) is 58.9. The minimum atomic E-state index is -2.52. The number of fused-ring (bicyclic) bond motifs is 3. The number of rotatable bonds is 13. The highest BCUT2D eigenvalue weighted by molar-refractivity contribution is 6.11. The Balaban J connectivity index is 0.000000197. The average molecular weight is 1510 g/mol. The second-order valence-electron chi connectivity index (χ2n) is 26.3. The van der Waals surface area contributed by atoms with E-state index in [1.807, 2.05) is 0 Å². The van der Waals surface area contributed by atoms with E-state index >= 15 is 26.3 Å². The van der Waals surface area contributed by atoms with Crippen LogP contribution in [0.25, 0.3) is 82.2 Å². The molecule has 2 aliphatic rings. The lowest BCUT2D eigenvalue weighted by Crippen LogP contribution is -2.16. The first-order valence-electron chi connectivity index (χ1n) is 34.3. The molecular formula is C93H48F12N8. The van der Waals surface area contributed by atoms with E-state index in [1.165, 1.54) is 61.2 Å². The number of allylic oxidation sites excluding steroid dienone is 5. The highest BCUT2D eigenvalue weighted by Crippen LogP contribution is 2.59. The van der Waals surface area contributed by atoms with Crippen LogP contribution in [0.4, 0.5) is 92.5 Å². The molecule has 13 aromatic rings. The SMILES string of the molecule is CC1(C)c2ccccc2-c2ccc(N(c3ccc(-c4ccccc4)cc3)c3ccc(-c4ccc(N(c5ccccc5)c5ccc(-c6ccccc6)cc5)cc4)c(-c4ccccc4)c3)cc21.[C-]#[N+]C(=C1C(=C(C#N)c2c(F)c(F)c(C#N)c(F)c2F)C1=C(C#N)c1c(F)c(F)c([N+]#[C-])c(F)c1F)c1c(F)c(F)c(C#N)c(F)c1F. The molecule has 0 atom stereocenters. The van der Waals surface area contributed by atoms with Crippen molar-refractivity contribution < 1.29 is 52.7 Å². The summed E-state index contributed by atoms with van der Waals surface area (Å²) < 4.78 is 177. The lowest BCUT2D eigenvalue weighted by molar-refractivity contribution is 0.446. The third kappa shape index (κ3) is 13.1. The topological polar surface area (TPSA) is 110 Å². The van der Waals surface area contributed by atoms with Crippen LogP contribution < -0.4 is 9.80 Å². The molecule has 0 amide bonds. The molecule has 20 heteroatoms. The Labute approximate surface area is 639 Å². The van der Waals surface area contributed by atoms with Crippen LogP contribution in [0.5, 0.6) is 0 Å². The minimum absolute atomic E-state index is 0.127. The van der Waals surface area contributed by atoms with Crippen LogP contribution in [0, 0.1) is 128 Å². The fourth-order valence-electron chi connectivity index (χ4n) is 14.2. The monoisotopic (exact) mass is 1500 g/mol. The van der Waals surface area contributed by atoms with Gasteiger partial charge < -0.3 is 9.80 Å². The van der Waals surface area contributed by atoms with Crippen molar-refractivity contribution in [1.29, 1.82) is 21.0 Å². The summed E-state index contributed by atoms with van der Waals surface area (Å²) >= 11 is 0. The Kier molecular flexibility index (Phi) is 20.1. The maximum atomic E-state index is 15.0. The summed E-state index contributed by atoms with van der Waals surface area (Å²) in [4.78, 5) is 9.60. The second kappa shape index (κ2) is 30.4. The molecule has 0 spiro atoms. The van der Waals surface area contributed by atoms with Gasteiger partial charge in [0.25, 0.3) is 5.69 Å². The maximum Gasteiger partial charge on any atom is 0.262 e. The standard InChI is InChI=1S/C63H48N2.C30F12N6/c1-63(2)61-26-16-15-25-58(61)59-42-40-56(44-62(59)63)65(54-35-29-48(30-36-54)46-19-9-4-10-20-46)55-39-41-57(60(43-55)49-21-11-5-12-22-49)50-31-37-53(38-32-50)64(51-23-13-6-14-24-51)52-33-27-47(28-34-52)45-17-7-3-8-18-45;1-47-29(16-25(39)19(33)10(6-46)20(34)26(16)40)15-11(7(3-43)13-21(35)17(31)9(5-45)18(32)22(13)36)12(15)8(4-44)14-23(37)27(41)30(48-2)28(42)24(14)38/h3-44H,1-2H3;. The highest BCUT2D eigenvalue weighted by atomic mass is 19.2. The van der Waals surface area contributed by atoms with Gasteiger partial charge in [-0.05, 0) is 156 Å². The molecule has 113 heavy (non-hydrogen) atoms. The van der Waals surface area contributed by atoms with Crippen molar-refractivity contribution in [3.8, 4) is 79.9 Å². The van der Waals surface area contributed by atoms with Gasteiger partial charge in [0.2, 0.25) is 5.70 Å². The third-order valence-corrected chi connectivity index (χ3v) is 19.7. The minimum Gasteiger partial charge on any atom is -0.311 e. The number of nitriles is 4. The van der Waals surface area contributed by atoms with E-state index in [-0.39, 0.29) is 5.41 Å². The van der Waals surface area contributed by atoms with Gasteiger partial charge in [-0.25, -0.2) is 62.4 Å². The molecule has 1 fully saturated rings. The summed E-state index contributed by atoms with van der Waals surface area (Å²) in [6.45, 7) is 18.8. The van der Waals surface area contributed by atoms with Gasteiger partial charge in [0, 0.05) is 39.5 Å². The molecule has 1 saturated carbocycles. The molecule has 15 rings (SSSR count). The number of hydrogen-bond donors (Lipinski definition) is 0. The molecule has 13 aromatic carbocycles. The van der Waals surface area contributed by atoms with Crippen molar-refractivity contribution in [2.45, 2.75) is 19.3 Å². The molecule has 2 aliphatic carbocycles. The fraction of sp³-hybridized carbons (Fsp3) is 0.0323. The normalized spacial score (nSPS) is 13.4. The van der Waals surface area contributed by atoms with E-state index in [1.54, 1.807) is 0 Å². The molecule has 0 radical (unpaired) electrons. The van der Waals surface area contributed by atoms with E-state index in [9.17, 15) is 36.9 Å². The van der Waals surface area contributed by atoms with Crippen molar-refractivity contribution in [3.05, 3.63) is 403 Å². The zero-order chi connectivity index (χ0) is 79.8. The smallest absolute Gasteiger partial charge is 0.262 e. The Morgan fingerprint density at radius 1 is 0.310 bits per heavy atom. The van der Waals surface area contributed by atoms with E-state index < -0.39 is 137 Å². The second-order valence-corrected chi connectivity index (χ2v) is 26.3. The number of nitrogens with zero attached hydrogens (tertiary/aromatic N) is 8. The van der Waals surface area contributed by atoms with Gasteiger partial charge in [-0.15, -0.1) is 0 Å². The predicted molar refractivity (Wildman–Crippen MR) is 408 cm³/mol. The maximum absolute atomic E-state index is 15.0. The quantitative estimate of drug-likeness (QED) is 0.0492. The van der Waals surface area contributed by atoms with Crippen molar-refractivity contribution >= 4 is 56.7 Å². The van der Waals surface area contributed by atoms with E-state index in [0.717, 1.165) is 64.0 Å². The summed E-state index contributed by atoms with van der Waals surface area (Å²) in [7, 11) is 0. The molecule has 0 heterocycles. The van der Waals surface area contributed by atoms with E-state index in [4.69, 9.17) is 23.7 Å². The molecule has 0 aromatic heterocycles. The van der Waals surface area contributed by atoms with Gasteiger partial charge >= 0.3 is 0 Å². The Hall–Kier alpha value is -15.2. The number of halogens is 12. The summed E-state index contributed by atoms with van der Waals surface area (Å²) in [6.07, 6.45) is 0.